The van der Waals surface area contributed by atoms with Crippen LogP contribution in [0.2, 0.25) is 0 Å². The fourth-order valence-corrected chi connectivity index (χ4v) is 2.47. The summed E-state index contributed by atoms with van der Waals surface area (Å²) in [7, 11) is 0. The number of carbonyl (C=O) groups is 1. The molecular formula is C13H17BrO. The van der Waals surface area contributed by atoms with Crippen molar-refractivity contribution in [3.8, 4) is 0 Å². The van der Waals surface area contributed by atoms with Crippen LogP contribution < -0.4 is 0 Å². The largest absolute Gasteiger partial charge is 0.281 e. The topological polar surface area (TPSA) is 17.1 Å². The maximum Gasteiger partial charge on any atom is 0.228 e. The van der Waals surface area contributed by atoms with E-state index in [9.17, 15) is 4.79 Å². The second kappa shape index (κ2) is 5.45. The highest BCUT2D eigenvalue weighted by Gasteiger charge is 2.13. The van der Waals surface area contributed by atoms with Crippen LogP contribution in [-0.4, -0.2) is 4.69 Å². The molecule has 1 aromatic rings. The molecule has 0 aliphatic carbocycles. The van der Waals surface area contributed by atoms with Crippen LogP contribution >= 0.6 is 15.9 Å². The lowest BCUT2D eigenvalue weighted by atomic mass is 9.92. The molecule has 1 rings (SSSR count). The van der Waals surface area contributed by atoms with Crippen molar-refractivity contribution < 1.29 is 4.79 Å². The molecule has 0 spiro atoms. The third-order valence-electron chi connectivity index (χ3n) is 2.83. The molecule has 0 aromatic heterocycles. The number of aryl methyl sites for hydroxylation is 1. The summed E-state index contributed by atoms with van der Waals surface area (Å²) in [6.07, 6.45) is 2.96. The minimum absolute atomic E-state index is 0.00305. The fraction of sp³-hybridized carbons (Fsp3) is 0.462. The van der Waals surface area contributed by atoms with E-state index in [4.69, 9.17) is 0 Å². The van der Waals surface area contributed by atoms with Crippen molar-refractivity contribution in [3.63, 3.8) is 0 Å². The van der Waals surface area contributed by atoms with E-state index in [-0.39, 0.29) is 4.69 Å². The molecule has 0 bridgehead atoms. The van der Waals surface area contributed by atoms with Crippen LogP contribution in [-0.2, 0) is 19.3 Å². The molecule has 0 saturated carbocycles. The zero-order valence-electron chi connectivity index (χ0n) is 9.56. The quantitative estimate of drug-likeness (QED) is 0.757. The second-order valence-corrected chi connectivity index (χ2v) is 4.28. The number of rotatable bonds is 4. The maximum atomic E-state index is 11.4. The van der Waals surface area contributed by atoms with E-state index in [0.717, 1.165) is 24.8 Å². The fourth-order valence-electron chi connectivity index (χ4n) is 2.10. The Balaban J connectivity index is 3.40. The van der Waals surface area contributed by atoms with E-state index in [2.05, 4.69) is 42.8 Å². The summed E-state index contributed by atoms with van der Waals surface area (Å²) in [6, 6.07) is 4.01. The van der Waals surface area contributed by atoms with Gasteiger partial charge in [0.05, 0.1) is 0 Å². The summed E-state index contributed by atoms with van der Waals surface area (Å²) >= 11 is 3.05. The van der Waals surface area contributed by atoms with Crippen molar-refractivity contribution in [2.75, 3.05) is 0 Å². The first-order valence-electron chi connectivity index (χ1n) is 5.49. The predicted octanol–water partition coefficient (Wildman–Crippen LogP) is 3.91. The van der Waals surface area contributed by atoms with Gasteiger partial charge in [-0.05, 0) is 57.9 Å². The monoisotopic (exact) mass is 268 g/mol. The summed E-state index contributed by atoms with van der Waals surface area (Å²) in [6.45, 7) is 6.41. The van der Waals surface area contributed by atoms with E-state index in [0.29, 0.717) is 0 Å². The van der Waals surface area contributed by atoms with Gasteiger partial charge < -0.3 is 0 Å². The summed E-state index contributed by atoms with van der Waals surface area (Å²) < 4.78 is -0.00305. The standard InChI is InChI=1S/C13H17BrO/c1-4-9-7-8-12(13(14)15)11(6-3)10(9)5-2/h7-8H,4-6H2,1-3H3. The molecule has 0 amide bonds. The van der Waals surface area contributed by atoms with E-state index in [1.807, 2.05) is 6.07 Å². The van der Waals surface area contributed by atoms with Crippen LogP contribution in [0.1, 0.15) is 47.8 Å². The molecule has 82 valence electrons. The van der Waals surface area contributed by atoms with Crippen molar-refractivity contribution in [2.45, 2.75) is 40.0 Å². The summed E-state index contributed by atoms with van der Waals surface area (Å²) in [5, 5.41) is 0. The molecular weight excluding hydrogens is 252 g/mol. The van der Waals surface area contributed by atoms with E-state index < -0.39 is 0 Å². The van der Waals surface area contributed by atoms with Crippen LogP contribution in [0.15, 0.2) is 12.1 Å². The van der Waals surface area contributed by atoms with Crippen molar-refractivity contribution in [2.24, 2.45) is 0 Å². The molecule has 1 nitrogen and oxygen atoms in total. The average molecular weight is 269 g/mol. The number of carbonyl (C=O) groups excluding carboxylic acids is 1. The lowest BCUT2D eigenvalue weighted by Gasteiger charge is -2.14. The highest BCUT2D eigenvalue weighted by atomic mass is 79.9. The average Bonchev–Trinajstić information content (AvgIpc) is 2.26. The van der Waals surface area contributed by atoms with E-state index in [1.165, 1.54) is 16.7 Å². The van der Waals surface area contributed by atoms with Crippen LogP contribution in [0.25, 0.3) is 0 Å². The summed E-state index contributed by atoms with van der Waals surface area (Å²) in [5.74, 6) is 0. The molecule has 0 unspecified atom stereocenters. The van der Waals surface area contributed by atoms with Gasteiger partial charge >= 0.3 is 0 Å². The van der Waals surface area contributed by atoms with Gasteiger partial charge in [-0.15, -0.1) is 0 Å². The van der Waals surface area contributed by atoms with Gasteiger partial charge in [0, 0.05) is 5.56 Å². The first kappa shape index (κ1) is 12.4. The van der Waals surface area contributed by atoms with Gasteiger partial charge in [-0.25, -0.2) is 0 Å². The third kappa shape index (κ3) is 2.49. The van der Waals surface area contributed by atoms with Crippen molar-refractivity contribution in [3.05, 3.63) is 34.4 Å². The zero-order valence-corrected chi connectivity index (χ0v) is 11.1. The summed E-state index contributed by atoms with van der Waals surface area (Å²) in [4.78, 5) is 11.4. The highest BCUT2D eigenvalue weighted by Crippen LogP contribution is 2.23. The number of hydrogen-bond acceptors (Lipinski definition) is 1. The van der Waals surface area contributed by atoms with Crippen molar-refractivity contribution in [1.82, 2.24) is 0 Å². The van der Waals surface area contributed by atoms with E-state index >= 15 is 0 Å². The van der Waals surface area contributed by atoms with Gasteiger partial charge in [0.1, 0.15) is 0 Å². The Morgan fingerprint density at radius 3 is 2.07 bits per heavy atom. The molecule has 0 N–H and O–H groups in total. The van der Waals surface area contributed by atoms with Crippen LogP contribution in [0.3, 0.4) is 0 Å². The van der Waals surface area contributed by atoms with E-state index in [1.54, 1.807) is 0 Å². The molecule has 0 saturated heterocycles. The summed E-state index contributed by atoms with van der Waals surface area (Å²) in [5.41, 5.74) is 4.75. The smallest absolute Gasteiger partial charge is 0.228 e. The minimum atomic E-state index is -0.00305. The maximum absolute atomic E-state index is 11.4. The molecule has 15 heavy (non-hydrogen) atoms. The number of benzene rings is 1. The normalized spacial score (nSPS) is 10.4. The molecule has 2 heteroatoms. The Morgan fingerprint density at radius 1 is 1.07 bits per heavy atom. The number of halogens is 1. The number of hydrogen-bond donors (Lipinski definition) is 0. The lowest BCUT2D eigenvalue weighted by Crippen LogP contribution is -2.04. The SMILES string of the molecule is CCc1ccc(C(=O)Br)c(CC)c1CC. The van der Waals surface area contributed by atoms with Gasteiger partial charge in [-0.3, -0.25) is 4.79 Å². The Labute approximate surface area is 100 Å². The first-order chi connectivity index (χ1) is 7.15. The van der Waals surface area contributed by atoms with Crippen molar-refractivity contribution in [1.29, 1.82) is 0 Å². The molecule has 0 fully saturated rings. The van der Waals surface area contributed by atoms with Crippen molar-refractivity contribution >= 4 is 20.6 Å². The molecule has 0 heterocycles. The Morgan fingerprint density at radius 2 is 1.67 bits per heavy atom. The van der Waals surface area contributed by atoms with Gasteiger partial charge in [0.2, 0.25) is 4.69 Å². The molecule has 0 radical (unpaired) electrons. The highest BCUT2D eigenvalue weighted by molar-refractivity contribution is 9.18. The van der Waals surface area contributed by atoms with Crippen LogP contribution in [0, 0.1) is 0 Å². The lowest BCUT2D eigenvalue weighted by molar-refractivity contribution is 0.109. The second-order valence-electron chi connectivity index (χ2n) is 3.56. The van der Waals surface area contributed by atoms with Crippen LogP contribution in [0.5, 0.6) is 0 Å². The van der Waals surface area contributed by atoms with Gasteiger partial charge in [-0.1, -0.05) is 26.8 Å². The molecule has 0 aliphatic heterocycles. The third-order valence-corrected chi connectivity index (χ3v) is 3.26. The Bertz CT molecular complexity index is 369. The molecule has 0 aliphatic rings. The zero-order chi connectivity index (χ0) is 11.4. The molecule has 0 atom stereocenters. The Kier molecular flexibility index (Phi) is 4.52. The first-order valence-corrected chi connectivity index (χ1v) is 6.28. The van der Waals surface area contributed by atoms with Gasteiger partial charge in [0.15, 0.2) is 0 Å². The molecule has 1 aromatic carbocycles. The minimum Gasteiger partial charge on any atom is -0.281 e. The van der Waals surface area contributed by atoms with Gasteiger partial charge in [-0.2, -0.15) is 0 Å². The Hall–Kier alpha value is -0.630. The van der Waals surface area contributed by atoms with Crippen LogP contribution in [0.4, 0.5) is 0 Å². The van der Waals surface area contributed by atoms with Gasteiger partial charge in [0.25, 0.3) is 0 Å². The predicted molar refractivity (Wildman–Crippen MR) is 67.8 cm³/mol.